The van der Waals surface area contributed by atoms with Gasteiger partial charge in [0.1, 0.15) is 0 Å². The van der Waals surface area contributed by atoms with Crippen molar-refractivity contribution in [3.05, 3.63) is 0 Å². The molecule has 3 heterocycles. The van der Waals surface area contributed by atoms with Crippen LogP contribution in [0.2, 0.25) is 0 Å². The lowest BCUT2D eigenvalue weighted by Gasteiger charge is -2.37. The number of likely N-dealkylation sites (tertiary alicyclic amines) is 1. The van der Waals surface area contributed by atoms with Gasteiger partial charge < -0.3 is 10.2 Å². The second-order valence-corrected chi connectivity index (χ2v) is 8.96. The minimum Gasteiger partial charge on any atom is -0.337 e. The average Bonchev–Trinajstić information content (AvgIpc) is 2.95. The highest BCUT2D eigenvalue weighted by atomic mass is 32.2. The monoisotopic (exact) mass is 286 g/mol. The lowest BCUT2D eigenvalue weighted by atomic mass is 9.84. The fourth-order valence-corrected chi connectivity index (χ4v) is 5.74. The van der Waals surface area contributed by atoms with Crippen LogP contribution >= 0.6 is 0 Å². The topological polar surface area (TPSA) is 66.5 Å². The van der Waals surface area contributed by atoms with Crippen molar-refractivity contribution in [3.63, 3.8) is 0 Å². The zero-order valence-corrected chi connectivity index (χ0v) is 12.4. The molecular formula is C13H22N2O3S. The first kappa shape index (κ1) is 13.4. The van der Waals surface area contributed by atoms with Gasteiger partial charge in [-0.2, -0.15) is 0 Å². The molecule has 5 nitrogen and oxygen atoms in total. The van der Waals surface area contributed by atoms with E-state index in [1.165, 1.54) is 0 Å². The normalized spacial score (nSPS) is 39.5. The molecule has 108 valence electrons. The summed E-state index contributed by atoms with van der Waals surface area (Å²) < 4.78 is 23.1. The van der Waals surface area contributed by atoms with Gasteiger partial charge in [0.2, 0.25) is 5.91 Å². The fourth-order valence-electron chi connectivity index (χ4n) is 4.01. The van der Waals surface area contributed by atoms with Crippen LogP contribution in [0.5, 0.6) is 0 Å². The summed E-state index contributed by atoms with van der Waals surface area (Å²) in [6, 6.07) is 0. The van der Waals surface area contributed by atoms with E-state index in [0.29, 0.717) is 18.3 Å². The van der Waals surface area contributed by atoms with Crippen LogP contribution in [-0.2, 0) is 14.6 Å². The van der Waals surface area contributed by atoms with Gasteiger partial charge in [-0.05, 0) is 32.1 Å². The third-order valence-electron chi connectivity index (χ3n) is 5.21. The van der Waals surface area contributed by atoms with Crippen molar-refractivity contribution < 1.29 is 13.2 Å². The molecule has 0 aromatic rings. The highest BCUT2D eigenvalue weighted by Crippen LogP contribution is 2.41. The number of carbonyl (C=O) groups excluding carboxylic acids is 1. The third-order valence-corrected chi connectivity index (χ3v) is 6.98. The van der Waals surface area contributed by atoms with Gasteiger partial charge in [-0.25, -0.2) is 8.42 Å². The molecule has 3 aliphatic rings. The molecular weight excluding hydrogens is 264 g/mol. The summed E-state index contributed by atoms with van der Waals surface area (Å²) in [4.78, 5) is 14.6. The molecule has 1 amide bonds. The first-order valence-corrected chi connectivity index (χ1v) is 8.86. The van der Waals surface area contributed by atoms with Crippen molar-refractivity contribution in [2.24, 2.45) is 17.8 Å². The van der Waals surface area contributed by atoms with Gasteiger partial charge in [0.25, 0.3) is 0 Å². The molecule has 3 atom stereocenters. The predicted molar refractivity (Wildman–Crippen MR) is 72.4 cm³/mol. The summed E-state index contributed by atoms with van der Waals surface area (Å²) in [7, 11) is -2.99. The molecule has 3 aliphatic heterocycles. The third kappa shape index (κ3) is 2.09. The lowest BCUT2D eigenvalue weighted by Crippen LogP contribution is -2.49. The van der Waals surface area contributed by atoms with E-state index in [1.807, 2.05) is 4.90 Å². The quantitative estimate of drug-likeness (QED) is 0.730. The summed E-state index contributed by atoms with van der Waals surface area (Å²) in [5.41, 5.74) is -0.155. The first-order valence-electron chi connectivity index (χ1n) is 7.04. The maximum atomic E-state index is 12.6. The number of nitrogens with zero attached hydrogens (tertiary/aromatic N) is 1. The van der Waals surface area contributed by atoms with Gasteiger partial charge in [0.15, 0.2) is 9.84 Å². The minimum atomic E-state index is -2.99. The van der Waals surface area contributed by atoms with E-state index in [1.54, 1.807) is 0 Å². The fraction of sp³-hybridized carbons (Fsp3) is 0.923. The smallest absolute Gasteiger partial charge is 0.227 e. The number of hydrogen-bond donors (Lipinski definition) is 1. The van der Waals surface area contributed by atoms with Crippen molar-refractivity contribution in [3.8, 4) is 0 Å². The number of hydrogen-bond acceptors (Lipinski definition) is 4. The Morgan fingerprint density at radius 2 is 2.05 bits per heavy atom. The van der Waals surface area contributed by atoms with E-state index in [2.05, 4.69) is 19.2 Å². The van der Waals surface area contributed by atoms with Crippen molar-refractivity contribution >= 4 is 15.7 Å². The SMILES string of the molecule is CC1(C)C2CNCC2CN1C(=O)C1CCS(=O)(=O)C1. The molecule has 0 saturated carbocycles. The van der Waals surface area contributed by atoms with Crippen molar-refractivity contribution in [1.82, 2.24) is 10.2 Å². The lowest BCUT2D eigenvalue weighted by molar-refractivity contribution is -0.138. The Labute approximate surface area is 114 Å². The molecule has 3 saturated heterocycles. The second-order valence-electron chi connectivity index (χ2n) is 6.73. The van der Waals surface area contributed by atoms with Crippen molar-refractivity contribution in [2.75, 3.05) is 31.1 Å². The van der Waals surface area contributed by atoms with Gasteiger partial charge in [0, 0.05) is 25.2 Å². The van der Waals surface area contributed by atoms with Crippen LogP contribution in [0, 0.1) is 17.8 Å². The average molecular weight is 286 g/mol. The summed E-state index contributed by atoms with van der Waals surface area (Å²) in [6.07, 6.45) is 0.501. The maximum Gasteiger partial charge on any atom is 0.227 e. The Morgan fingerprint density at radius 1 is 1.32 bits per heavy atom. The molecule has 6 heteroatoms. The summed E-state index contributed by atoms with van der Waals surface area (Å²) >= 11 is 0. The molecule has 0 radical (unpaired) electrons. The molecule has 0 bridgehead atoms. The van der Waals surface area contributed by atoms with E-state index in [9.17, 15) is 13.2 Å². The Kier molecular flexibility index (Phi) is 2.94. The van der Waals surface area contributed by atoms with Gasteiger partial charge >= 0.3 is 0 Å². The van der Waals surface area contributed by atoms with Gasteiger partial charge in [-0.3, -0.25) is 4.79 Å². The van der Waals surface area contributed by atoms with Crippen LogP contribution in [0.25, 0.3) is 0 Å². The standard InChI is InChI=1S/C13H22N2O3S/c1-13(2)11-6-14-5-10(11)7-15(13)12(16)9-3-4-19(17,18)8-9/h9-11,14H,3-8H2,1-2H3. The summed E-state index contributed by atoms with van der Waals surface area (Å²) in [5, 5.41) is 3.39. The van der Waals surface area contributed by atoms with Crippen LogP contribution in [0.15, 0.2) is 0 Å². The molecule has 0 aliphatic carbocycles. The molecule has 0 aromatic heterocycles. The zero-order valence-electron chi connectivity index (χ0n) is 11.6. The number of rotatable bonds is 1. The van der Waals surface area contributed by atoms with Crippen molar-refractivity contribution in [2.45, 2.75) is 25.8 Å². The van der Waals surface area contributed by atoms with Gasteiger partial charge in [0.05, 0.1) is 17.4 Å². The largest absolute Gasteiger partial charge is 0.337 e. The zero-order chi connectivity index (χ0) is 13.8. The van der Waals surface area contributed by atoms with E-state index in [4.69, 9.17) is 0 Å². The minimum absolute atomic E-state index is 0.0476. The van der Waals surface area contributed by atoms with Crippen LogP contribution in [0.4, 0.5) is 0 Å². The molecule has 0 aromatic carbocycles. The maximum absolute atomic E-state index is 12.6. The summed E-state index contributed by atoms with van der Waals surface area (Å²) in [5.74, 6) is 0.987. The number of nitrogens with one attached hydrogen (secondary N) is 1. The molecule has 3 fully saturated rings. The summed E-state index contributed by atoms with van der Waals surface area (Å²) in [6.45, 7) is 6.95. The molecule has 1 N–H and O–H groups in total. The molecule has 3 unspecified atom stereocenters. The van der Waals surface area contributed by atoms with Crippen LogP contribution < -0.4 is 5.32 Å². The Bertz CT molecular complexity index is 500. The van der Waals surface area contributed by atoms with Crippen LogP contribution in [-0.4, -0.2) is 55.9 Å². The van der Waals surface area contributed by atoms with Gasteiger partial charge in [-0.15, -0.1) is 0 Å². The number of carbonyl (C=O) groups is 1. The predicted octanol–water partition coefficient (Wildman–Crippen LogP) is -0.122. The highest BCUT2D eigenvalue weighted by molar-refractivity contribution is 7.91. The van der Waals surface area contributed by atoms with Gasteiger partial charge in [-0.1, -0.05) is 0 Å². The molecule has 3 rings (SSSR count). The Hall–Kier alpha value is -0.620. The van der Waals surface area contributed by atoms with E-state index in [-0.39, 0.29) is 28.9 Å². The molecule has 0 spiro atoms. The van der Waals surface area contributed by atoms with Crippen LogP contribution in [0.3, 0.4) is 0 Å². The first-order chi connectivity index (χ1) is 8.81. The van der Waals surface area contributed by atoms with Crippen LogP contribution in [0.1, 0.15) is 20.3 Å². The number of sulfone groups is 1. The highest BCUT2D eigenvalue weighted by Gasteiger charge is 2.52. The Balaban J connectivity index is 1.78. The molecule has 19 heavy (non-hydrogen) atoms. The Morgan fingerprint density at radius 3 is 2.63 bits per heavy atom. The second kappa shape index (κ2) is 4.19. The van der Waals surface area contributed by atoms with E-state index in [0.717, 1.165) is 19.6 Å². The van der Waals surface area contributed by atoms with E-state index < -0.39 is 9.84 Å². The van der Waals surface area contributed by atoms with Crippen molar-refractivity contribution in [1.29, 1.82) is 0 Å². The number of fused-ring (bicyclic) bond motifs is 1. The number of amides is 1. The van der Waals surface area contributed by atoms with E-state index >= 15 is 0 Å².